The van der Waals surface area contributed by atoms with Gasteiger partial charge in [-0.1, -0.05) is 6.92 Å². The molecule has 0 aliphatic carbocycles. The smallest absolute Gasteiger partial charge is 0.332 e. The molecule has 1 unspecified atom stereocenters. The largest absolute Gasteiger partial charge is 0.379 e. The van der Waals surface area contributed by atoms with Crippen molar-refractivity contribution in [1.29, 1.82) is 0 Å². The second kappa shape index (κ2) is 47.9. The molecule has 0 bridgehead atoms. The molecule has 0 aromatic heterocycles. The Bertz CT molecular complexity index is 760. The number of hydrogen-bond acceptors (Lipinski definition) is 18. The topological polar surface area (TPSA) is 174 Å². The Labute approximate surface area is 330 Å². The van der Waals surface area contributed by atoms with Crippen LogP contribution in [0.5, 0.6) is 0 Å². The molecule has 55 heavy (non-hydrogen) atoms. The molecule has 1 atom stereocenters. The normalized spacial score (nSPS) is 12.9. The third-order valence-corrected chi connectivity index (χ3v) is 8.61. The van der Waals surface area contributed by atoms with E-state index in [-0.39, 0.29) is 12.8 Å². The van der Waals surface area contributed by atoms with Crippen LogP contribution in [0.25, 0.3) is 0 Å². The van der Waals surface area contributed by atoms with Crippen LogP contribution in [0.2, 0.25) is 0 Å². The summed E-state index contributed by atoms with van der Waals surface area (Å²) in [5.74, 6) is 0. The molecule has 0 aromatic carbocycles. The highest BCUT2D eigenvalue weighted by Crippen LogP contribution is 2.46. The summed E-state index contributed by atoms with van der Waals surface area (Å²) in [4.78, 5) is 0. The average molecular weight is 827 g/mol. The van der Waals surface area contributed by atoms with E-state index < -0.39 is 7.60 Å². The van der Waals surface area contributed by atoms with E-state index in [1.54, 1.807) is 6.92 Å². The maximum atomic E-state index is 12.1. The Hall–Kier alpha value is -0.450. The zero-order chi connectivity index (χ0) is 39.9. The van der Waals surface area contributed by atoms with Crippen molar-refractivity contribution in [3.05, 3.63) is 0 Å². The Morgan fingerprint density at radius 3 is 0.636 bits per heavy atom. The number of hydrogen-bond donors (Lipinski definition) is 0. The van der Waals surface area contributed by atoms with Crippen molar-refractivity contribution in [2.45, 2.75) is 20.3 Å². The monoisotopic (exact) mass is 826 g/mol. The first kappa shape index (κ1) is 54.6. The van der Waals surface area contributed by atoms with Crippen LogP contribution in [0, 0.1) is 0 Å². The van der Waals surface area contributed by atoms with E-state index in [4.69, 9.17) is 80.1 Å². The molecule has 19 heteroatoms. The molecule has 0 heterocycles. The van der Waals surface area contributed by atoms with Crippen molar-refractivity contribution in [2.75, 3.05) is 218 Å². The predicted molar refractivity (Wildman–Crippen MR) is 204 cm³/mol. The van der Waals surface area contributed by atoms with Crippen LogP contribution in [-0.2, 0) is 84.7 Å². The van der Waals surface area contributed by atoms with Gasteiger partial charge in [0.1, 0.15) is 0 Å². The van der Waals surface area contributed by atoms with E-state index in [0.717, 1.165) is 13.0 Å². The molecule has 0 saturated heterocycles. The second-order valence-corrected chi connectivity index (χ2v) is 13.4. The van der Waals surface area contributed by atoms with Crippen molar-refractivity contribution in [2.24, 2.45) is 0 Å². The molecule has 0 N–H and O–H groups in total. The van der Waals surface area contributed by atoms with Crippen molar-refractivity contribution >= 4 is 7.60 Å². The molecular weight excluding hydrogens is 751 g/mol. The van der Waals surface area contributed by atoms with E-state index >= 15 is 0 Å². The van der Waals surface area contributed by atoms with Gasteiger partial charge in [0.25, 0.3) is 0 Å². The third kappa shape index (κ3) is 46.1. The van der Waals surface area contributed by atoms with Gasteiger partial charge >= 0.3 is 7.60 Å². The third-order valence-electron chi connectivity index (χ3n) is 6.67. The van der Waals surface area contributed by atoms with Gasteiger partial charge in [-0.3, -0.25) is 4.57 Å². The Balaban J connectivity index is 3.10. The Kier molecular flexibility index (Phi) is 47.5. The summed E-state index contributed by atoms with van der Waals surface area (Å²) in [5.41, 5.74) is 0. The molecule has 0 rings (SSSR count). The van der Waals surface area contributed by atoms with Gasteiger partial charge in [-0.15, -0.1) is 0 Å². The van der Waals surface area contributed by atoms with Gasteiger partial charge in [-0.25, -0.2) is 0 Å². The highest BCUT2D eigenvalue weighted by atomic mass is 31.2. The lowest BCUT2D eigenvalue weighted by atomic mass is 10.5. The minimum atomic E-state index is -3.04. The zero-order valence-electron chi connectivity index (χ0n) is 34.1. The lowest BCUT2D eigenvalue weighted by Crippen LogP contribution is -2.15. The van der Waals surface area contributed by atoms with Gasteiger partial charge in [0, 0.05) is 13.7 Å². The van der Waals surface area contributed by atoms with Gasteiger partial charge < -0.3 is 80.1 Å². The van der Waals surface area contributed by atoms with Gasteiger partial charge in [0.15, 0.2) is 0 Å². The fraction of sp³-hybridized carbons (Fsp3) is 1.00. The van der Waals surface area contributed by atoms with Crippen molar-refractivity contribution in [3.63, 3.8) is 0 Å². The molecule has 0 amide bonds. The fourth-order valence-corrected chi connectivity index (χ4v) is 5.07. The highest BCUT2D eigenvalue weighted by molar-refractivity contribution is 7.53. The molecule has 0 aromatic rings. The molecule has 0 saturated carbocycles. The Morgan fingerprint density at radius 2 is 0.473 bits per heavy atom. The number of ether oxygens (including phenoxy) is 15. The molecule has 332 valence electrons. The van der Waals surface area contributed by atoms with Crippen LogP contribution in [-0.4, -0.2) is 218 Å². The van der Waals surface area contributed by atoms with Crippen LogP contribution < -0.4 is 0 Å². The molecule has 0 radical (unpaired) electrons. The minimum Gasteiger partial charge on any atom is -0.379 e. The van der Waals surface area contributed by atoms with E-state index in [1.807, 2.05) is 0 Å². The lowest BCUT2D eigenvalue weighted by molar-refractivity contribution is -0.0299. The van der Waals surface area contributed by atoms with Crippen molar-refractivity contribution < 1.29 is 84.7 Å². The minimum absolute atomic E-state index is 0.215. The first-order valence-electron chi connectivity index (χ1n) is 19.6. The number of rotatable bonds is 50. The predicted octanol–water partition coefficient (Wildman–Crippen LogP) is 2.52. The maximum absolute atomic E-state index is 12.1. The average Bonchev–Trinajstić information content (AvgIpc) is 3.19. The van der Waals surface area contributed by atoms with Gasteiger partial charge in [-0.05, 0) is 13.3 Å². The molecule has 0 aliphatic heterocycles. The lowest BCUT2D eigenvalue weighted by Gasteiger charge is -2.15. The molecular formula is C36H75O18P. The van der Waals surface area contributed by atoms with E-state index in [9.17, 15) is 4.57 Å². The fourth-order valence-electron chi connectivity index (χ4n) is 3.91. The summed E-state index contributed by atoms with van der Waals surface area (Å²) in [6.45, 7) is 19.3. The summed E-state index contributed by atoms with van der Waals surface area (Å²) in [6, 6.07) is 0. The van der Waals surface area contributed by atoms with Crippen LogP contribution in [0.15, 0.2) is 0 Å². The first-order chi connectivity index (χ1) is 27.2. The zero-order valence-corrected chi connectivity index (χ0v) is 35.0. The SMILES string of the molecule is CCCOCCOCCOCCOCCOCCOCCOCCOCCOCCOCCOCCOCCOCCOCCOCCP(=O)(OC)OCC. The molecule has 0 spiro atoms. The standard InChI is InChI=1S/C36H75O18P/c1-4-6-39-7-8-40-9-10-41-11-12-42-13-14-43-15-16-44-17-18-45-19-20-46-21-22-47-23-24-48-25-26-49-27-28-50-29-30-51-31-32-52-33-34-53-35-36-55(37,38-3)54-5-2/h4-36H2,1-3H3. The summed E-state index contributed by atoms with van der Waals surface area (Å²) in [7, 11) is -1.66. The van der Waals surface area contributed by atoms with Crippen LogP contribution in [0.3, 0.4) is 0 Å². The summed E-state index contributed by atoms with van der Waals surface area (Å²) < 4.78 is 104. The quantitative estimate of drug-likeness (QED) is 0.0646. The summed E-state index contributed by atoms with van der Waals surface area (Å²) in [5, 5.41) is 0. The van der Waals surface area contributed by atoms with E-state index in [0.29, 0.717) is 192 Å². The Morgan fingerprint density at radius 1 is 0.291 bits per heavy atom. The summed E-state index contributed by atoms with van der Waals surface area (Å²) in [6.07, 6.45) is 1.24. The van der Waals surface area contributed by atoms with Crippen molar-refractivity contribution in [1.82, 2.24) is 0 Å². The van der Waals surface area contributed by atoms with E-state index in [2.05, 4.69) is 6.92 Å². The van der Waals surface area contributed by atoms with Crippen LogP contribution in [0.4, 0.5) is 0 Å². The van der Waals surface area contributed by atoms with Gasteiger partial charge in [-0.2, -0.15) is 0 Å². The van der Waals surface area contributed by atoms with E-state index in [1.165, 1.54) is 7.11 Å². The molecule has 0 fully saturated rings. The first-order valence-corrected chi connectivity index (χ1v) is 21.4. The second-order valence-electron chi connectivity index (χ2n) is 11.1. The van der Waals surface area contributed by atoms with Crippen molar-refractivity contribution in [3.8, 4) is 0 Å². The molecule has 0 aliphatic rings. The van der Waals surface area contributed by atoms with Gasteiger partial charge in [0.05, 0.1) is 204 Å². The van der Waals surface area contributed by atoms with Crippen LogP contribution >= 0.6 is 7.60 Å². The maximum Gasteiger partial charge on any atom is 0.332 e. The van der Waals surface area contributed by atoms with Crippen LogP contribution in [0.1, 0.15) is 20.3 Å². The highest BCUT2D eigenvalue weighted by Gasteiger charge is 2.21. The van der Waals surface area contributed by atoms with Gasteiger partial charge in [0.2, 0.25) is 0 Å². The summed E-state index contributed by atoms with van der Waals surface area (Å²) >= 11 is 0. The molecule has 18 nitrogen and oxygen atoms in total.